The first kappa shape index (κ1) is 22.4. The molecule has 0 amide bonds. The van der Waals surface area contributed by atoms with Crippen molar-refractivity contribution in [1.29, 1.82) is 0 Å². The molecular weight excluding hydrogens is 456 g/mol. The third-order valence-electron chi connectivity index (χ3n) is 3.13. The number of aliphatic hydroxyl groups is 1. The van der Waals surface area contributed by atoms with E-state index in [1.165, 1.54) is 0 Å². The molecule has 3 unspecified atom stereocenters. The lowest BCUT2D eigenvalue weighted by Gasteiger charge is -2.14. The summed E-state index contributed by atoms with van der Waals surface area (Å²) in [4.78, 5) is 42.3. The van der Waals surface area contributed by atoms with E-state index in [1.54, 1.807) is 0 Å². The second-order valence-corrected chi connectivity index (χ2v) is 8.80. The molecule has 0 saturated carbocycles. The highest BCUT2D eigenvalue weighted by Crippen LogP contribution is 2.57. The first-order chi connectivity index (χ1) is 12.5. The molecule has 0 bridgehead atoms. The van der Waals surface area contributed by atoms with Crippen LogP contribution in [0.15, 0.2) is 15.8 Å². The highest BCUT2D eigenvalue weighted by molar-refractivity contribution is 7.61. The SMILES string of the molecule is O=c1[nH]c(=O)n([C@H]2C[C@H](O)[C@@H](CO[P+](=O)OP(=O)(O)O[P+](=O)O)O2)cc1Cl. The van der Waals surface area contributed by atoms with Crippen LogP contribution in [0.3, 0.4) is 0 Å². The standard InChI is InChI=1S/C9H10ClN2O12P3/c10-4-2-12(9(15)11-8(4)14)7-1-5(13)6(22-7)3-21-26(18)24-27(19,20)23-25(16)17/h2,5-7,13H,1,3H2,(H-2,11,14,15,16,17,19,20)/p+2/t5-,6+,7+/m0/s1. The number of ether oxygens (including phenoxy) is 1. The number of aromatic nitrogens is 2. The Hall–Kier alpha value is -0.880. The Morgan fingerprint density at radius 3 is 2.70 bits per heavy atom. The third-order valence-corrected chi connectivity index (χ3v) is 6.50. The minimum atomic E-state index is -5.10. The van der Waals surface area contributed by atoms with Gasteiger partial charge in [-0.05, 0) is 0 Å². The summed E-state index contributed by atoms with van der Waals surface area (Å²) in [5, 5.41) is 9.65. The lowest BCUT2D eigenvalue weighted by atomic mass is 10.2. The van der Waals surface area contributed by atoms with Crippen molar-refractivity contribution in [1.82, 2.24) is 9.55 Å². The Kier molecular flexibility index (Phi) is 7.54. The molecule has 1 aromatic rings. The molecule has 1 aromatic heterocycles. The predicted octanol–water partition coefficient (Wildman–Crippen LogP) is 0.296. The number of nitrogens with zero attached hydrogens (tertiary/aromatic N) is 1. The molecule has 150 valence electrons. The van der Waals surface area contributed by atoms with Crippen LogP contribution in [0.1, 0.15) is 12.6 Å². The average molecular weight is 469 g/mol. The van der Waals surface area contributed by atoms with Crippen molar-refractivity contribution in [2.24, 2.45) is 0 Å². The van der Waals surface area contributed by atoms with E-state index in [-0.39, 0.29) is 11.4 Å². The molecule has 0 aromatic carbocycles. The molecule has 14 nitrogen and oxygen atoms in total. The second kappa shape index (κ2) is 9.08. The van der Waals surface area contributed by atoms with Gasteiger partial charge in [0.15, 0.2) is 0 Å². The third kappa shape index (κ3) is 6.31. The molecule has 2 heterocycles. The van der Waals surface area contributed by atoms with Crippen LogP contribution in [0.5, 0.6) is 0 Å². The number of aliphatic hydroxyl groups excluding tert-OH is 1. The van der Waals surface area contributed by atoms with Gasteiger partial charge in [0.05, 0.1) is 6.10 Å². The van der Waals surface area contributed by atoms with E-state index in [0.29, 0.717) is 0 Å². The van der Waals surface area contributed by atoms with Gasteiger partial charge < -0.3 is 9.84 Å². The van der Waals surface area contributed by atoms with Gasteiger partial charge in [-0.2, -0.15) is 0 Å². The van der Waals surface area contributed by atoms with E-state index in [0.717, 1.165) is 10.8 Å². The van der Waals surface area contributed by atoms with Crippen molar-refractivity contribution in [2.45, 2.75) is 24.9 Å². The first-order valence-electron chi connectivity index (χ1n) is 6.81. The largest absolute Gasteiger partial charge is 0.708 e. The lowest BCUT2D eigenvalue weighted by Crippen LogP contribution is -2.32. The average Bonchev–Trinajstić information content (AvgIpc) is 2.87. The number of rotatable bonds is 8. The topological polar surface area (TPSA) is 204 Å². The number of halogens is 1. The van der Waals surface area contributed by atoms with Crippen LogP contribution in [0.25, 0.3) is 0 Å². The number of hydrogen-bond donors (Lipinski definition) is 4. The number of aromatic amines is 1. The van der Waals surface area contributed by atoms with Crippen molar-refractivity contribution < 1.29 is 46.5 Å². The van der Waals surface area contributed by atoms with Gasteiger partial charge in [0, 0.05) is 30.4 Å². The fourth-order valence-corrected chi connectivity index (χ4v) is 4.43. The molecule has 2 rings (SSSR count). The Bertz CT molecular complexity index is 901. The number of hydrogen-bond acceptors (Lipinski definition) is 10. The number of H-pyrrole nitrogens is 1. The van der Waals surface area contributed by atoms with Gasteiger partial charge in [-0.25, -0.2) is 9.36 Å². The van der Waals surface area contributed by atoms with Crippen LogP contribution in [-0.2, 0) is 31.6 Å². The Labute approximate surface area is 156 Å². The van der Waals surface area contributed by atoms with Gasteiger partial charge in [-0.3, -0.25) is 19.2 Å². The fourth-order valence-electron chi connectivity index (χ4n) is 2.06. The number of nitrogens with one attached hydrogen (secondary N) is 1. The van der Waals surface area contributed by atoms with Crippen molar-refractivity contribution in [3.8, 4) is 0 Å². The highest BCUT2D eigenvalue weighted by atomic mass is 35.5. The summed E-state index contributed by atoms with van der Waals surface area (Å²) in [6.07, 6.45) is -2.44. The highest BCUT2D eigenvalue weighted by Gasteiger charge is 2.46. The minimum absolute atomic E-state index is 0.111. The first-order valence-corrected chi connectivity index (χ1v) is 10.9. The maximum Gasteiger partial charge on any atom is 0.708 e. The zero-order valence-electron chi connectivity index (χ0n) is 12.9. The Balaban J connectivity index is 1.96. The molecule has 0 radical (unpaired) electrons. The summed E-state index contributed by atoms with van der Waals surface area (Å²) in [5.41, 5.74) is -1.64. The molecular formula is C9H12ClN2O12P3+2. The van der Waals surface area contributed by atoms with E-state index >= 15 is 0 Å². The summed E-state index contributed by atoms with van der Waals surface area (Å²) in [6, 6.07) is 0. The maximum absolute atomic E-state index is 11.8. The summed E-state index contributed by atoms with van der Waals surface area (Å²) in [7, 11) is -11.9. The summed E-state index contributed by atoms with van der Waals surface area (Å²) in [6.45, 7) is -0.593. The van der Waals surface area contributed by atoms with Gasteiger partial charge >= 0.3 is 30.0 Å². The van der Waals surface area contributed by atoms with Gasteiger partial charge in [0.1, 0.15) is 24.0 Å². The monoisotopic (exact) mass is 468 g/mol. The zero-order chi connectivity index (χ0) is 20.4. The number of phosphoric acid groups is 1. The molecule has 0 aliphatic carbocycles. The second-order valence-electron chi connectivity index (χ2n) is 4.96. The van der Waals surface area contributed by atoms with Crippen LogP contribution in [0.4, 0.5) is 0 Å². The molecule has 18 heteroatoms. The summed E-state index contributed by atoms with van der Waals surface area (Å²) < 4.78 is 51.5. The van der Waals surface area contributed by atoms with Crippen LogP contribution >= 0.6 is 35.9 Å². The van der Waals surface area contributed by atoms with E-state index < -0.39 is 60.6 Å². The molecule has 1 aliphatic heterocycles. The van der Waals surface area contributed by atoms with Gasteiger partial charge in [0.25, 0.3) is 5.56 Å². The van der Waals surface area contributed by atoms with Gasteiger partial charge in [-0.1, -0.05) is 11.6 Å². The van der Waals surface area contributed by atoms with Crippen LogP contribution in [-0.4, -0.2) is 43.3 Å². The summed E-state index contributed by atoms with van der Waals surface area (Å²) >= 11 is 5.63. The minimum Gasteiger partial charge on any atom is -0.390 e. The van der Waals surface area contributed by atoms with Crippen LogP contribution < -0.4 is 11.2 Å². The molecule has 1 fully saturated rings. The normalized spacial score (nSPS) is 25.9. The quantitative estimate of drug-likeness (QED) is 0.380. The zero-order valence-corrected chi connectivity index (χ0v) is 16.3. The summed E-state index contributed by atoms with van der Waals surface area (Å²) in [5.74, 6) is 0. The molecule has 27 heavy (non-hydrogen) atoms. The van der Waals surface area contributed by atoms with E-state index in [4.69, 9.17) is 26.1 Å². The van der Waals surface area contributed by atoms with E-state index in [2.05, 4.69) is 13.1 Å². The van der Waals surface area contributed by atoms with Crippen LogP contribution in [0, 0.1) is 0 Å². The maximum atomic E-state index is 11.8. The molecule has 1 aliphatic rings. The molecule has 1 saturated heterocycles. The molecule has 0 spiro atoms. The predicted molar refractivity (Wildman–Crippen MR) is 86.2 cm³/mol. The van der Waals surface area contributed by atoms with Gasteiger partial charge in [-0.15, -0.1) is 9.42 Å². The Morgan fingerprint density at radius 2 is 2.07 bits per heavy atom. The molecule has 4 N–H and O–H groups in total. The van der Waals surface area contributed by atoms with Crippen molar-refractivity contribution in [3.05, 3.63) is 32.1 Å². The fraction of sp³-hybridized carbons (Fsp3) is 0.556. The smallest absolute Gasteiger partial charge is 0.390 e. The van der Waals surface area contributed by atoms with E-state index in [9.17, 15) is 28.4 Å². The van der Waals surface area contributed by atoms with Crippen molar-refractivity contribution in [3.63, 3.8) is 0 Å². The Morgan fingerprint density at radius 1 is 1.41 bits per heavy atom. The van der Waals surface area contributed by atoms with Crippen molar-refractivity contribution >= 4 is 35.9 Å². The lowest BCUT2D eigenvalue weighted by molar-refractivity contribution is -0.0412. The molecule has 6 atom stereocenters. The van der Waals surface area contributed by atoms with Gasteiger partial charge in [0.2, 0.25) is 0 Å². The van der Waals surface area contributed by atoms with Crippen molar-refractivity contribution in [2.75, 3.05) is 6.61 Å². The van der Waals surface area contributed by atoms with E-state index in [1.807, 2.05) is 4.98 Å². The van der Waals surface area contributed by atoms with Crippen LogP contribution in [0.2, 0.25) is 5.02 Å².